The Balaban J connectivity index is 1.58. The zero-order valence-corrected chi connectivity index (χ0v) is 23.9. The molecule has 2 aliphatic rings. The number of benzene rings is 2. The van der Waals surface area contributed by atoms with E-state index in [-0.39, 0.29) is 31.6 Å². The second-order valence-corrected chi connectivity index (χ2v) is 11.4. The van der Waals surface area contributed by atoms with Crippen LogP contribution in [0, 0.1) is 0 Å². The fourth-order valence-electron chi connectivity index (χ4n) is 4.46. The van der Waals surface area contributed by atoms with Gasteiger partial charge >= 0.3 is 6.09 Å². The van der Waals surface area contributed by atoms with Crippen molar-refractivity contribution < 1.29 is 28.5 Å². The normalized spacial score (nSPS) is 17.9. The van der Waals surface area contributed by atoms with Gasteiger partial charge in [-0.25, -0.2) is 4.79 Å². The van der Waals surface area contributed by atoms with E-state index in [9.17, 15) is 9.59 Å². The lowest BCUT2D eigenvalue weighted by atomic mass is 10.0. The van der Waals surface area contributed by atoms with Gasteiger partial charge in [-0.2, -0.15) is 0 Å². The van der Waals surface area contributed by atoms with Gasteiger partial charge in [0.15, 0.2) is 6.10 Å². The van der Waals surface area contributed by atoms with Gasteiger partial charge in [0.2, 0.25) is 0 Å². The molecule has 4 rings (SSSR count). The number of amides is 2. The molecule has 0 spiro atoms. The van der Waals surface area contributed by atoms with Gasteiger partial charge in [0.1, 0.15) is 11.4 Å². The molecule has 1 aliphatic heterocycles. The molecule has 10 heteroatoms. The molecule has 0 aromatic heterocycles. The van der Waals surface area contributed by atoms with Gasteiger partial charge in [-0.15, -0.1) is 0 Å². The molecule has 2 aromatic carbocycles. The topological polar surface area (TPSA) is 77.5 Å². The molecule has 1 atom stereocenters. The number of hydrogen-bond acceptors (Lipinski definition) is 6. The molecule has 1 saturated heterocycles. The van der Waals surface area contributed by atoms with E-state index in [2.05, 4.69) is 0 Å². The number of methoxy groups -OCH3 is 1. The molecule has 38 heavy (non-hydrogen) atoms. The maximum absolute atomic E-state index is 13.7. The zero-order valence-electron chi connectivity index (χ0n) is 22.4. The second kappa shape index (κ2) is 12.3. The maximum atomic E-state index is 13.7. The molecule has 2 amide bonds. The first kappa shape index (κ1) is 28.7. The van der Waals surface area contributed by atoms with Gasteiger partial charge in [0.05, 0.1) is 29.8 Å². The van der Waals surface area contributed by atoms with Crippen LogP contribution in [0.4, 0.5) is 4.79 Å². The van der Waals surface area contributed by atoms with E-state index in [0.29, 0.717) is 47.5 Å². The predicted molar refractivity (Wildman–Crippen MR) is 147 cm³/mol. The van der Waals surface area contributed by atoms with Crippen LogP contribution in [0.25, 0.3) is 10.8 Å². The largest absolute Gasteiger partial charge is 0.491 e. The Bertz CT molecular complexity index is 1160. The van der Waals surface area contributed by atoms with E-state index in [1.165, 1.54) is 4.90 Å². The van der Waals surface area contributed by atoms with Crippen LogP contribution in [0.2, 0.25) is 10.0 Å². The molecular weight excluding hydrogens is 531 g/mol. The van der Waals surface area contributed by atoms with E-state index in [1.54, 1.807) is 12.0 Å². The van der Waals surface area contributed by atoms with E-state index in [4.69, 9.17) is 42.1 Å². The van der Waals surface area contributed by atoms with Crippen LogP contribution in [-0.4, -0.2) is 79.6 Å². The van der Waals surface area contributed by atoms with Crippen LogP contribution < -0.4 is 4.74 Å². The SMILES string of the molecule is COCCCOc1c(Cl)c(CN(C(=O)[C@H]2CN(C(=O)OC(C)(C)C)CCO2)C2CC2)c(Cl)c2ccccc12. The van der Waals surface area contributed by atoms with Crippen molar-refractivity contribution in [3.05, 3.63) is 39.9 Å². The standard InChI is InChI=1S/C28H36Cl2N2O6/c1-28(2,3)38-27(34)31-12-15-36-22(17-31)26(33)32(18-10-11-18)16-21-23(29)19-8-5-6-9-20(19)25(24(21)30)37-14-7-13-35-4/h5-6,8-9,18,22H,7,10-17H2,1-4H3/t22-/m1/s1. The van der Waals surface area contributed by atoms with E-state index in [0.717, 1.165) is 23.6 Å². The molecule has 0 radical (unpaired) electrons. The Kier molecular flexibility index (Phi) is 9.29. The van der Waals surface area contributed by atoms with Crippen molar-refractivity contribution in [1.82, 2.24) is 9.80 Å². The monoisotopic (exact) mass is 566 g/mol. The van der Waals surface area contributed by atoms with Gasteiger partial charge < -0.3 is 28.7 Å². The summed E-state index contributed by atoms with van der Waals surface area (Å²) in [6.07, 6.45) is 1.24. The van der Waals surface area contributed by atoms with Crippen molar-refractivity contribution in [2.45, 2.75) is 64.3 Å². The molecule has 1 aliphatic carbocycles. The number of fused-ring (bicyclic) bond motifs is 1. The minimum absolute atomic E-state index is 0.0627. The summed E-state index contributed by atoms with van der Waals surface area (Å²) in [7, 11) is 1.65. The average Bonchev–Trinajstić information content (AvgIpc) is 3.72. The average molecular weight is 568 g/mol. The highest BCUT2D eigenvalue weighted by Gasteiger charge is 2.40. The number of ether oxygens (including phenoxy) is 4. The van der Waals surface area contributed by atoms with Gasteiger partial charge in [-0.1, -0.05) is 47.5 Å². The summed E-state index contributed by atoms with van der Waals surface area (Å²) in [6, 6.07) is 7.73. The minimum atomic E-state index is -0.792. The molecule has 0 N–H and O–H groups in total. The number of morpholine rings is 1. The predicted octanol–water partition coefficient (Wildman–Crippen LogP) is 5.69. The summed E-state index contributed by atoms with van der Waals surface area (Å²) >= 11 is 13.8. The van der Waals surface area contributed by atoms with E-state index in [1.807, 2.05) is 45.0 Å². The third-order valence-corrected chi connectivity index (χ3v) is 7.30. The summed E-state index contributed by atoms with van der Waals surface area (Å²) in [5.41, 5.74) is 0.0100. The minimum Gasteiger partial charge on any atom is -0.491 e. The van der Waals surface area contributed by atoms with Crippen LogP contribution in [0.5, 0.6) is 5.75 Å². The molecular formula is C28H36Cl2N2O6. The van der Waals surface area contributed by atoms with Crippen LogP contribution in [0.1, 0.15) is 45.6 Å². The number of carbonyl (C=O) groups is 2. The van der Waals surface area contributed by atoms with Crippen LogP contribution >= 0.6 is 23.2 Å². The van der Waals surface area contributed by atoms with Crippen LogP contribution in [-0.2, 0) is 25.5 Å². The van der Waals surface area contributed by atoms with Crippen LogP contribution in [0.15, 0.2) is 24.3 Å². The quantitative estimate of drug-likeness (QED) is 0.363. The molecule has 2 aromatic rings. The first-order chi connectivity index (χ1) is 18.1. The molecule has 2 fully saturated rings. The molecule has 0 bridgehead atoms. The van der Waals surface area contributed by atoms with Crippen LogP contribution in [0.3, 0.4) is 0 Å². The molecule has 0 unspecified atom stereocenters. The summed E-state index contributed by atoms with van der Waals surface area (Å²) in [5, 5.41) is 2.51. The molecule has 1 saturated carbocycles. The highest BCUT2D eigenvalue weighted by molar-refractivity contribution is 6.41. The Morgan fingerprint density at radius 1 is 1.11 bits per heavy atom. The number of nitrogens with zero attached hydrogens (tertiary/aromatic N) is 2. The number of rotatable bonds is 9. The lowest BCUT2D eigenvalue weighted by Crippen LogP contribution is -2.53. The first-order valence-electron chi connectivity index (χ1n) is 13.0. The third kappa shape index (κ3) is 6.84. The van der Waals surface area contributed by atoms with Gasteiger partial charge in [-0.3, -0.25) is 4.79 Å². The number of carbonyl (C=O) groups excluding carboxylic acids is 2. The van der Waals surface area contributed by atoms with Gasteiger partial charge in [-0.05, 0) is 33.6 Å². The van der Waals surface area contributed by atoms with Crippen molar-refractivity contribution in [3.63, 3.8) is 0 Å². The summed E-state index contributed by atoms with van der Waals surface area (Å²) in [6.45, 7) is 7.41. The summed E-state index contributed by atoms with van der Waals surface area (Å²) < 4.78 is 22.6. The van der Waals surface area contributed by atoms with E-state index < -0.39 is 17.8 Å². The number of halogens is 2. The van der Waals surface area contributed by atoms with Gasteiger partial charge in [0.25, 0.3) is 5.91 Å². The van der Waals surface area contributed by atoms with Crippen molar-refractivity contribution in [1.29, 1.82) is 0 Å². The Morgan fingerprint density at radius 2 is 1.82 bits per heavy atom. The summed E-state index contributed by atoms with van der Waals surface area (Å²) in [5.74, 6) is 0.356. The second-order valence-electron chi connectivity index (χ2n) is 10.7. The van der Waals surface area contributed by atoms with Gasteiger partial charge in [0, 0.05) is 55.6 Å². The summed E-state index contributed by atoms with van der Waals surface area (Å²) in [4.78, 5) is 29.7. The zero-order chi connectivity index (χ0) is 27.4. The van der Waals surface area contributed by atoms with Crippen molar-refractivity contribution in [2.75, 3.05) is 40.0 Å². The molecule has 208 valence electrons. The van der Waals surface area contributed by atoms with Crippen molar-refractivity contribution >= 4 is 46.0 Å². The fourth-order valence-corrected chi connectivity index (χ4v) is 5.14. The Hall–Kier alpha value is -2.26. The smallest absolute Gasteiger partial charge is 0.410 e. The first-order valence-corrected chi connectivity index (χ1v) is 13.8. The number of hydrogen-bond donors (Lipinski definition) is 0. The Morgan fingerprint density at radius 3 is 2.47 bits per heavy atom. The van der Waals surface area contributed by atoms with Crippen molar-refractivity contribution in [3.8, 4) is 5.75 Å². The molecule has 8 nitrogen and oxygen atoms in total. The highest BCUT2D eigenvalue weighted by atomic mass is 35.5. The maximum Gasteiger partial charge on any atom is 0.410 e. The lowest BCUT2D eigenvalue weighted by Gasteiger charge is -2.36. The Labute approximate surface area is 234 Å². The lowest BCUT2D eigenvalue weighted by molar-refractivity contribution is -0.150. The van der Waals surface area contributed by atoms with E-state index >= 15 is 0 Å². The van der Waals surface area contributed by atoms with Crippen molar-refractivity contribution in [2.24, 2.45) is 0 Å². The highest BCUT2D eigenvalue weighted by Crippen LogP contribution is 2.44. The third-order valence-electron chi connectivity index (χ3n) is 6.47. The molecule has 1 heterocycles. The fraction of sp³-hybridized carbons (Fsp3) is 0.571.